The Labute approximate surface area is 120 Å². The summed E-state index contributed by atoms with van der Waals surface area (Å²) in [7, 11) is 0. The maximum Gasteiger partial charge on any atom is 0.102 e. The normalized spacial score (nSPS) is 25.2. The van der Waals surface area contributed by atoms with Gasteiger partial charge in [0, 0.05) is 19.5 Å². The van der Waals surface area contributed by atoms with Gasteiger partial charge in [-0.2, -0.15) is 0 Å². The van der Waals surface area contributed by atoms with Crippen LogP contribution < -0.4 is 5.32 Å². The van der Waals surface area contributed by atoms with Gasteiger partial charge in [-0.15, -0.1) is 0 Å². The highest BCUT2D eigenvalue weighted by Gasteiger charge is 2.45. The maximum atomic E-state index is 3.83. The van der Waals surface area contributed by atoms with Crippen LogP contribution in [-0.2, 0) is 18.6 Å². The molecule has 1 unspecified atom stereocenters. The molecule has 1 N–H and O–H groups in total. The second kappa shape index (κ2) is 4.72. The molecule has 1 saturated heterocycles. The Bertz CT molecular complexity index is 608. The number of benzene rings is 2. The van der Waals surface area contributed by atoms with E-state index in [1.165, 1.54) is 29.7 Å². The average Bonchev–Trinajstić information content (AvgIpc) is 2.83. The Kier molecular flexibility index (Phi) is 2.86. The highest BCUT2D eigenvalue weighted by atomic mass is 15.4. The first-order valence-corrected chi connectivity index (χ1v) is 7.51. The van der Waals surface area contributed by atoms with E-state index in [1.54, 1.807) is 0 Å². The van der Waals surface area contributed by atoms with Gasteiger partial charge < -0.3 is 0 Å². The molecule has 0 aromatic heterocycles. The molecule has 0 radical (unpaired) electrons. The molecular weight excluding hydrogens is 244 g/mol. The van der Waals surface area contributed by atoms with E-state index < -0.39 is 0 Å². The number of nitrogens with zero attached hydrogens (tertiary/aromatic N) is 1. The zero-order valence-corrected chi connectivity index (χ0v) is 11.7. The van der Waals surface area contributed by atoms with Gasteiger partial charge in [0.05, 0.1) is 0 Å². The maximum absolute atomic E-state index is 3.83. The first-order chi connectivity index (χ1) is 9.88. The Balaban J connectivity index is 1.79. The van der Waals surface area contributed by atoms with E-state index in [9.17, 15) is 0 Å². The van der Waals surface area contributed by atoms with Crippen LogP contribution >= 0.6 is 0 Å². The minimum absolute atomic E-state index is 0.0101. The molecule has 2 aromatic carbocycles. The van der Waals surface area contributed by atoms with Gasteiger partial charge in [0.2, 0.25) is 0 Å². The molecular formula is C18H20N2. The molecule has 2 heterocycles. The summed E-state index contributed by atoms with van der Waals surface area (Å²) in [6.45, 7) is 3.38. The van der Waals surface area contributed by atoms with Crippen molar-refractivity contribution in [1.29, 1.82) is 0 Å². The lowest BCUT2D eigenvalue weighted by molar-refractivity contribution is 0.0364. The van der Waals surface area contributed by atoms with E-state index in [0.29, 0.717) is 0 Å². The lowest BCUT2D eigenvalue weighted by Gasteiger charge is -2.44. The summed E-state index contributed by atoms with van der Waals surface area (Å²) in [6.07, 6.45) is 2.29. The fourth-order valence-corrected chi connectivity index (χ4v) is 3.78. The molecule has 0 amide bonds. The van der Waals surface area contributed by atoms with Crippen molar-refractivity contribution in [2.24, 2.45) is 0 Å². The number of hydrogen-bond donors (Lipinski definition) is 1. The van der Waals surface area contributed by atoms with Crippen LogP contribution in [-0.4, -0.2) is 18.0 Å². The van der Waals surface area contributed by atoms with Crippen molar-refractivity contribution >= 4 is 0 Å². The van der Waals surface area contributed by atoms with E-state index in [4.69, 9.17) is 0 Å². The van der Waals surface area contributed by atoms with E-state index in [2.05, 4.69) is 64.8 Å². The van der Waals surface area contributed by atoms with Crippen molar-refractivity contribution in [3.8, 4) is 0 Å². The fourth-order valence-electron chi connectivity index (χ4n) is 3.78. The lowest BCUT2D eigenvalue weighted by Crippen LogP contribution is -2.58. The Morgan fingerprint density at radius 3 is 2.70 bits per heavy atom. The molecule has 102 valence electrons. The van der Waals surface area contributed by atoms with Gasteiger partial charge in [-0.05, 0) is 29.7 Å². The smallest absolute Gasteiger partial charge is 0.102 e. The van der Waals surface area contributed by atoms with Crippen LogP contribution in [0.2, 0.25) is 0 Å². The topological polar surface area (TPSA) is 15.3 Å². The quantitative estimate of drug-likeness (QED) is 0.897. The fraction of sp³-hybridized carbons (Fsp3) is 0.333. The zero-order valence-electron chi connectivity index (χ0n) is 11.7. The average molecular weight is 264 g/mol. The highest BCUT2D eigenvalue weighted by molar-refractivity contribution is 5.40. The molecule has 2 nitrogen and oxygen atoms in total. The third kappa shape index (κ3) is 1.80. The Morgan fingerprint density at radius 1 is 1.00 bits per heavy atom. The first kappa shape index (κ1) is 12.1. The molecule has 1 fully saturated rings. The summed E-state index contributed by atoms with van der Waals surface area (Å²) in [4.78, 5) is 2.62. The molecule has 0 aliphatic carbocycles. The molecule has 20 heavy (non-hydrogen) atoms. The van der Waals surface area contributed by atoms with Crippen molar-refractivity contribution in [1.82, 2.24) is 10.2 Å². The number of nitrogens with one attached hydrogen (secondary N) is 1. The van der Waals surface area contributed by atoms with Crippen LogP contribution in [0.5, 0.6) is 0 Å². The summed E-state index contributed by atoms with van der Waals surface area (Å²) < 4.78 is 0. The molecule has 2 heteroatoms. The first-order valence-electron chi connectivity index (χ1n) is 7.51. The number of hydrogen-bond acceptors (Lipinski definition) is 2. The van der Waals surface area contributed by atoms with Gasteiger partial charge in [0.1, 0.15) is 5.66 Å². The molecule has 0 spiro atoms. The summed E-state index contributed by atoms with van der Waals surface area (Å²) in [5, 5.41) is 3.83. The minimum Gasteiger partial charge on any atom is -0.295 e. The summed E-state index contributed by atoms with van der Waals surface area (Å²) in [6, 6.07) is 19.8. The minimum atomic E-state index is 0.0101. The van der Waals surface area contributed by atoms with E-state index in [1.807, 2.05) is 0 Å². The summed E-state index contributed by atoms with van der Waals surface area (Å²) >= 11 is 0. The van der Waals surface area contributed by atoms with Crippen LogP contribution in [0.3, 0.4) is 0 Å². The molecule has 4 rings (SSSR count). The molecule has 1 atom stereocenters. The highest BCUT2D eigenvalue weighted by Crippen LogP contribution is 2.41. The molecule has 2 aliphatic heterocycles. The van der Waals surface area contributed by atoms with E-state index >= 15 is 0 Å². The van der Waals surface area contributed by atoms with Gasteiger partial charge in [-0.1, -0.05) is 54.6 Å². The summed E-state index contributed by atoms with van der Waals surface area (Å²) in [5.41, 5.74) is 4.38. The van der Waals surface area contributed by atoms with Gasteiger partial charge in [-0.3, -0.25) is 10.2 Å². The van der Waals surface area contributed by atoms with Gasteiger partial charge in [-0.25, -0.2) is 0 Å². The predicted octanol–water partition coefficient (Wildman–Crippen LogP) is 2.89. The van der Waals surface area contributed by atoms with Crippen molar-refractivity contribution in [2.75, 3.05) is 13.1 Å². The van der Waals surface area contributed by atoms with E-state index in [0.717, 1.165) is 19.5 Å². The van der Waals surface area contributed by atoms with Crippen LogP contribution in [0.25, 0.3) is 0 Å². The molecule has 0 bridgehead atoms. The molecule has 2 aromatic rings. The standard InChI is InChI=1S/C18H20N2/c1-2-7-15(8-3-1)13-18-17-10-5-4-9-16(17)14-20(18)12-6-11-19-18/h1-5,7-10,19H,6,11-14H2. The van der Waals surface area contributed by atoms with Crippen molar-refractivity contribution in [3.63, 3.8) is 0 Å². The van der Waals surface area contributed by atoms with Crippen molar-refractivity contribution < 1.29 is 0 Å². The second-order valence-electron chi connectivity index (χ2n) is 5.88. The third-order valence-corrected chi connectivity index (χ3v) is 4.69. The lowest BCUT2D eigenvalue weighted by atomic mass is 9.90. The Morgan fingerprint density at radius 2 is 1.80 bits per heavy atom. The molecule has 2 aliphatic rings. The van der Waals surface area contributed by atoms with Crippen LogP contribution in [0.1, 0.15) is 23.1 Å². The van der Waals surface area contributed by atoms with Crippen LogP contribution in [0, 0.1) is 0 Å². The summed E-state index contributed by atoms with van der Waals surface area (Å²) in [5.74, 6) is 0. The van der Waals surface area contributed by atoms with Crippen molar-refractivity contribution in [3.05, 3.63) is 71.3 Å². The Hall–Kier alpha value is -1.64. The zero-order chi connectivity index (χ0) is 13.4. The van der Waals surface area contributed by atoms with Crippen LogP contribution in [0.15, 0.2) is 54.6 Å². The predicted molar refractivity (Wildman–Crippen MR) is 81.3 cm³/mol. The number of rotatable bonds is 2. The third-order valence-electron chi connectivity index (χ3n) is 4.69. The van der Waals surface area contributed by atoms with Crippen molar-refractivity contribution in [2.45, 2.75) is 25.0 Å². The number of fused-ring (bicyclic) bond motifs is 3. The van der Waals surface area contributed by atoms with Gasteiger partial charge in [0.15, 0.2) is 0 Å². The van der Waals surface area contributed by atoms with E-state index in [-0.39, 0.29) is 5.66 Å². The SMILES string of the molecule is c1ccc(CC23NCCCN2Cc2ccccc23)cc1. The monoisotopic (exact) mass is 264 g/mol. The van der Waals surface area contributed by atoms with Gasteiger partial charge in [0.25, 0.3) is 0 Å². The molecule has 0 saturated carbocycles. The van der Waals surface area contributed by atoms with Gasteiger partial charge >= 0.3 is 0 Å². The second-order valence-corrected chi connectivity index (χ2v) is 5.88. The largest absolute Gasteiger partial charge is 0.295 e. The van der Waals surface area contributed by atoms with Crippen LogP contribution in [0.4, 0.5) is 0 Å².